The van der Waals surface area contributed by atoms with E-state index in [0.717, 1.165) is 0 Å². The molecule has 0 amide bonds. The molecule has 0 bridgehead atoms. The van der Waals surface area contributed by atoms with Crippen LogP contribution in [0.25, 0.3) is 5.82 Å². The SMILES string of the molecule is Clc1cccnc1-n1[c]nc(Br)n1. The normalized spacial score (nSPS) is 10.3. The zero-order chi connectivity index (χ0) is 9.26. The zero-order valence-corrected chi connectivity index (χ0v) is 8.62. The first-order valence-corrected chi connectivity index (χ1v) is 4.55. The summed E-state index contributed by atoms with van der Waals surface area (Å²) < 4.78 is 1.83. The van der Waals surface area contributed by atoms with E-state index in [1.165, 1.54) is 4.68 Å². The lowest BCUT2D eigenvalue weighted by Crippen LogP contribution is -1.98. The summed E-state index contributed by atoms with van der Waals surface area (Å²) in [6.07, 6.45) is 4.25. The molecule has 6 heteroatoms. The van der Waals surface area contributed by atoms with Crippen LogP contribution >= 0.6 is 27.5 Å². The molecule has 2 aromatic rings. The molecule has 0 spiro atoms. The van der Waals surface area contributed by atoms with Crippen LogP contribution in [0.15, 0.2) is 23.1 Å². The summed E-state index contributed by atoms with van der Waals surface area (Å²) in [6.45, 7) is 0. The second-order valence-corrected chi connectivity index (χ2v) is 3.32. The van der Waals surface area contributed by atoms with Crippen molar-refractivity contribution < 1.29 is 0 Å². The highest BCUT2D eigenvalue weighted by atomic mass is 79.9. The Labute approximate surface area is 87.7 Å². The van der Waals surface area contributed by atoms with E-state index in [4.69, 9.17) is 11.6 Å². The van der Waals surface area contributed by atoms with Crippen molar-refractivity contribution in [2.45, 2.75) is 0 Å². The van der Waals surface area contributed by atoms with Crippen LogP contribution in [0.3, 0.4) is 0 Å². The summed E-state index contributed by atoms with van der Waals surface area (Å²) >= 11 is 8.99. The highest BCUT2D eigenvalue weighted by Crippen LogP contribution is 2.15. The number of hydrogen-bond donors (Lipinski definition) is 0. The van der Waals surface area contributed by atoms with E-state index in [9.17, 15) is 0 Å². The molecular formula is C7H3BrClN4. The summed E-state index contributed by atoms with van der Waals surface area (Å²) in [4.78, 5) is 7.82. The standard InChI is InChI=1S/C7H3BrClN4/c8-7-11-4-13(12-7)6-5(9)2-1-3-10-6/h1-3H. The number of halogens is 2. The third kappa shape index (κ3) is 1.71. The lowest BCUT2D eigenvalue weighted by atomic mass is 10.5. The third-order valence-corrected chi connectivity index (χ3v) is 1.99. The molecule has 0 aliphatic heterocycles. The number of rotatable bonds is 1. The molecule has 0 saturated carbocycles. The number of aromatic nitrogens is 4. The van der Waals surface area contributed by atoms with Crippen LogP contribution in [0, 0.1) is 6.33 Å². The van der Waals surface area contributed by atoms with E-state index in [1.54, 1.807) is 18.3 Å². The molecule has 13 heavy (non-hydrogen) atoms. The van der Waals surface area contributed by atoms with Gasteiger partial charge in [-0.05, 0) is 28.1 Å². The van der Waals surface area contributed by atoms with Gasteiger partial charge < -0.3 is 0 Å². The van der Waals surface area contributed by atoms with Crippen molar-refractivity contribution in [2.24, 2.45) is 0 Å². The Hall–Kier alpha value is -0.940. The maximum Gasteiger partial charge on any atom is 0.218 e. The summed E-state index contributed by atoms with van der Waals surface area (Å²) in [5, 5.41) is 4.47. The molecule has 2 heterocycles. The van der Waals surface area contributed by atoms with Crippen LogP contribution in [-0.4, -0.2) is 19.7 Å². The summed E-state index contributed by atoms with van der Waals surface area (Å²) in [7, 11) is 0. The molecule has 0 aliphatic rings. The minimum Gasteiger partial charge on any atom is -0.236 e. The van der Waals surface area contributed by atoms with Crippen LogP contribution in [-0.2, 0) is 0 Å². The maximum absolute atomic E-state index is 5.88. The van der Waals surface area contributed by atoms with E-state index in [0.29, 0.717) is 15.6 Å². The topological polar surface area (TPSA) is 43.6 Å². The Morgan fingerprint density at radius 2 is 2.38 bits per heavy atom. The quantitative estimate of drug-likeness (QED) is 0.784. The van der Waals surface area contributed by atoms with Crippen LogP contribution in [0.1, 0.15) is 0 Å². The van der Waals surface area contributed by atoms with Gasteiger partial charge in [0, 0.05) is 6.20 Å². The minimum absolute atomic E-state index is 0.453. The molecule has 0 unspecified atom stereocenters. The first kappa shape index (κ1) is 8.65. The Balaban J connectivity index is 2.52. The van der Waals surface area contributed by atoms with Gasteiger partial charge in [-0.15, -0.1) is 5.10 Å². The van der Waals surface area contributed by atoms with Gasteiger partial charge in [0.25, 0.3) is 0 Å². The van der Waals surface area contributed by atoms with Gasteiger partial charge in [0.05, 0.1) is 5.02 Å². The molecule has 0 atom stereocenters. The predicted octanol–water partition coefficient (Wildman–Crippen LogP) is 1.88. The van der Waals surface area contributed by atoms with Gasteiger partial charge in [-0.25, -0.2) is 4.98 Å². The largest absolute Gasteiger partial charge is 0.236 e. The maximum atomic E-state index is 5.88. The highest BCUT2D eigenvalue weighted by Gasteiger charge is 2.05. The van der Waals surface area contributed by atoms with Crippen molar-refractivity contribution in [2.75, 3.05) is 0 Å². The van der Waals surface area contributed by atoms with E-state index < -0.39 is 0 Å². The van der Waals surface area contributed by atoms with Crippen molar-refractivity contribution in [1.82, 2.24) is 19.7 Å². The Morgan fingerprint density at radius 3 is 3.00 bits per heavy atom. The molecule has 0 N–H and O–H groups in total. The lowest BCUT2D eigenvalue weighted by molar-refractivity contribution is 0.832. The zero-order valence-electron chi connectivity index (χ0n) is 6.28. The fourth-order valence-electron chi connectivity index (χ4n) is 0.844. The van der Waals surface area contributed by atoms with Gasteiger partial charge in [-0.2, -0.15) is 9.67 Å². The van der Waals surface area contributed by atoms with Crippen LogP contribution in [0.2, 0.25) is 5.02 Å². The highest BCUT2D eigenvalue weighted by molar-refractivity contribution is 9.10. The first-order valence-electron chi connectivity index (χ1n) is 3.38. The fourth-order valence-corrected chi connectivity index (χ4v) is 1.28. The Bertz CT molecular complexity index is 428. The molecule has 0 fully saturated rings. The van der Waals surface area contributed by atoms with Crippen LogP contribution in [0.4, 0.5) is 0 Å². The molecule has 0 aliphatic carbocycles. The summed E-state index contributed by atoms with van der Waals surface area (Å²) in [5.41, 5.74) is 0. The van der Waals surface area contributed by atoms with Gasteiger partial charge in [0.2, 0.25) is 11.1 Å². The smallest absolute Gasteiger partial charge is 0.218 e. The number of pyridine rings is 1. The molecule has 2 aromatic heterocycles. The molecule has 65 valence electrons. The number of hydrogen-bond acceptors (Lipinski definition) is 3. The first-order chi connectivity index (χ1) is 6.27. The summed E-state index contributed by atoms with van der Waals surface area (Å²) in [6, 6.07) is 3.48. The Morgan fingerprint density at radius 1 is 1.54 bits per heavy atom. The minimum atomic E-state index is 0.453. The second kappa shape index (κ2) is 3.43. The average molecular weight is 258 g/mol. The van der Waals surface area contributed by atoms with Crippen molar-refractivity contribution in [1.29, 1.82) is 0 Å². The molecule has 2 rings (SSSR count). The van der Waals surface area contributed by atoms with Crippen molar-refractivity contribution >= 4 is 27.5 Å². The van der Waals surface area contributed by atoms with Gasteiger partial charge in [-0.1, -0.05) is 11.6 Å². The molecule has 0 saturated heterocycles. The predicted molar refractivity (Wildman–Crippen MR) is 50.7 cm³/mol. The van der Waals surface area contributed by atoms with Crippen LogP contribution in [0.5, 0.6) is 0 Å². The van der Waals surface area contributed by atoms with Crippen molar-refractivity contribution in [3.05, 3.63) is 34.4 Å². The average Bonchev–Trinajstić information content (AvgIpc) is 2.53. The summed E-state index contributed by atoms with van der Waals surface area (Å²) in [5.74, 6) is 0.516. The van der Waals surface area contributed by atoms with Gasteiger partial charge in [-0.3, -0.25) is 0 Å². The third-order valence-electron chi connectivity index (χ3n) is 1.36. The Kier molecular flexibility index (Phi) is 2.28. The lowest BCUT2D eigenvalue weighted by Gasteiger charge is -1.98. The van der Waals surface area contributed by atoms with E-state index in [2.05, 4.69) is 37.3 Å². The van der Waals surface area contributed by atoms with Crippen LogP contribution < -0.4 is 0 Å². The van der Waals surface area contributed by atoms with E-state index in [-0.39, 0.29) is 0 Å². The monoisotopic (exact) mass is 257 g/mol. The van der Waals surface area contributed by atoms with Gasteiger partial charge in [0.1, 0.15) is 0 Å². The second-order valence-electron chi connectivity index (χ2n) is 2.20. The van der Waals surface area contributed by atoms with E-state index in [1.807, 2.05) is 0 Å². The fraction of sp³-hybridized carbons (Fsp3) is 0. The molecule has 0 aromatic carbocycles. The molecular weight excluding hydrogens is 255 g/mol. The molecule has 1 radical (unpaired) electrons. The van der Waals surface area contributed by atoms with Gasteiger partial charge in [0.15, 0.2) is 5.82 Å². The van der Waals surface area contributed by atoms with Crippen molar-refractivity contribution in [3.63, 3.8) is 0 Å². The molecule has 4 nitrogen and oxygen atoms in total. The number of nitrogens with zero attached hydrogens (tertiary/aromatic N) is 4. The van der Waals surface area contributed by atoms with Crippen molar-refractivity contribution in [3.8, 4) is 5.82 Å². The van der Waals surface area contributed by atoms with E-state index >= 15 is 0 Å². The van der Waals surface area contributed by atoms with Gasteiger partial charge >= 0.3 is 0 Å².